The number of anilines is 2. The van der Waals surface area contributed by atoms with Crippen LogP contribution in [0.1, 0.15) is 27.2 Å². The lowest BCUT2D eigenvalue weighted by molar-refractivity contribution is 0.494. The van der Waals surface area contributed by atoms with E-state index in [4.69, 9.17) is 0 Å². The normalized spacial score (nSPS) is 14.4. The summed E-state index contributed by atoms with van der Waals surface area (Å²) in [6, 6.07) is 2.48. The largest absolute Gasteiger partial charge is 0.367 e. The van der Waals surface area contributed by atoms with Crippen molar-refractivity contribution >= 4 is 33.3 Å². The Bertz CT molecular complexity index is 523. The lowest BCUT2D eigenvalue weighted by Gasteiger charge is -2.21. The fourth-order valence-corrected chi connectivity index (χ4v) is 2.55. The Morgan fingerprint density at radius 2 is 2.11 bits per heavy atom. The Kier molecular flexibility index (Phi) is 4.01. The zero-order valence-electron chi connectivity index (χ0n) is 11.3. The number of hydrogen-bond acceptors (Lipinski definition) is 5. The van der Waals surface area contributed by atoms with Crippen molar-refractivity contribution in [1.29, 1.82) is 0 Å². The summed E-state index contributed by atoms with van der Waals surface area (Å²) < 4.78 is 0. The van der Waals surface area contributed by atoms with Gasteiger partial charge < -0.3 is 10.6 Å². The van der Waals surface area contributed by atoms with Crippen LogP contribution in [0.3, 0.4) is 0 Å². The lowest BCUT2D eigenvalue weighted by atomic mass is 10.0. The van der Waals surface area contributed by atoms with Gasteiger partial charge in [-0.25, -0.2) is 4.98 Å². The standard InChI is InChI=1S/C13H20N4S/c1-5-8(2)9(3)15-11-10-6-7-18-12(10)17-13(14-4)16-11/h6-9H,5H2,1-4H3,(H2,14,15,16,17). The first-order valence-electron chi connectivity index (χ1n) is 6.35. The molecule has 0 bridgehead atoms. The second-order valence-electron chi connectivity index (χ2n) is 4.60. The topological polar surface area (TPSA) is 49.8 Å². The van der Waals surface area contributed by atoms with Crippen LogP contribution in [0.25, 0.3) is 10.2 Å². The number of hydrogen-bond donors (Lipinski definition) is 2. The highest BCUT2D eigenvalue weighted by atomic mass is 32.1. The molecule has 0 saturated heterocycles. The van der Waals surface area contributed by atoms with Gasteiger partial charge in [-0.2, -0.15) is 4.98 Å². The Hall–Kier alpha value is -1.36. The van der Waals surface area contributed by atoms with E-state index in [1.54, 1.807) is 11.3 Å². The van der Waals surface area contributed by atoms with Gasteiger partial charge in [0, 0.05) is 13.1 Å². The number of nitrogens with zero attached hydrogens (tertiary/aromatic N) is 2. The van der Waals surface area contributed by atoms with Gasteiger partial charge in [0.05, 0.1) is 5.39 Å². The van der Waals surface area contributed by atoms with E-state index < -0.39 is 0 Å². The zero-order chi connectivity index (χ0) is 13.1. The molecule has 98 valence electrons. The van der Waals surface area contributed by atoms with Gasteiger partial charge in [0.25, 0.3) is 0 Å². The Morgan fingerprint density at radius 1 is 1.33 bits per heavy atom. The highest BCUT2D eigenvalue weighted by molar-refractivity contribution is 7.16. The molecule has 0 fully saturated rings. The molecule has 0 amide bonds. The third kappa shape index (κ3) is 2.56. The molecule has 2 N–H and O–H groups in total. The first-order chi connectivity index (χ1) is 8.65. The molecule has 2 rings (SSSR count). The average molecular weight is 264 g/mol. The fourth-order valence-electron chi connectivity index (χ4n) is 1.79. The second-order valence-corrected chi connectivity index (χ2v) is 5.50. The fraction of sp³-hybridized carbons (Fsp3) is 0.538. The third-order valence-corrected chi connectivity index (χ3v) is 4.22. The van der Waals surface area contributed by atoms with Crippen LogP contribution in [-0.2, 0) is 0 Å². The van der Waals surface area contributed by atoms with E-state index in [2.05, 4.69) is 52.8 Å². The first-order valence-corrected chi connectivity index (χ1v) is 7.23. The number of nitrogens with one attached hydrogen (secondary N) is 2. The van der Waals surface area contributed by atoms with Gasteiger partial charge in [0.15, 0.2) is 0 Å². The van der Waals surface area contributed by atoms with Crippen LogP contribution in [0, 0.1) is 5.92 Å². The van der Waals surface area contributed by atoms with Crippen molar-refractivity contribution in [2.24, 2.45) is 5.92 Å². The number of rotatable bonds is 5. The van der Waals surface area contributed by atoms with E-state index >= 15 is 0 Å². The molecule has 2 aromatic rings. The molecule has 5 heteroatoms. The van der Waals surface area contributed by atoms with Crippen LogP contribution in [-0.4, -0.2) is 23.1 Å². The molecule has 2 unspecified atom stereocenters. The number of aromatic nitrogens is 2. The minimum atomic E-state index is 0.401. The highest BCUT2D eigenvalue weighted by Gasteiger charge is 2.14. The summed E-state index contributed by atoms with van der Waals surface area (Å²) in [6.07, 6.45) is 1.16. The summed E-state index contributed by atoms with van der Waals surface area (Å²) in [5, 5.41) is 9.68. The Balaban J connectivity index is 2.33. The van der Waals surface area contributed by atoms with Crippen molar-refractivity contribution in [1.82, 2.24) is 9.97 Å². The molecule has 0 radical (unpaired) electrons. The molecule has 2 atom stereocenters. The minimum Gasteiger partial charge on any atom is -0.367 e. The van der Waals surface area contributed by atoms with Crippen molar-refractivity contribution in [2.45, 2.75) is 33.2 Å². The lowest BCUT2D eigenvalue weighted by Crippen LogP contribution is -2.24. The maximum atomic E-state index is 4.52. The van der Waals surface area contributed by atoms with Crippen LogP contribution < -0.4 is 10.6 Å². The molecule has 0 aliphatic rings. The zero-order valence-corrected chi connectivity index (χ0v) is 12.1. The molecular weight excluding hydrogens is 244 g/mol. The highest BCUT2D eigenvalue weighted by Crippen LogP contribution is 2.27. The van der Waals surface area contributed by atoms with E-state index in [0.29, 0.717) is 17.9 Å². The van der Waals surface area contributed by atoms with Crippen molar-refractivity contribution in [2.75, 3.05) is 17.7 Å². The summed E-state index contributed by atoms with van der Waals surface area (Å²) in [4.78, 5) is 9.99. The molecule has 0 aliphatic carbocycles. The van der Waals surface area contributed by atoms with Crippen LogP contribution in [0.4, 0.5) is 11.8 Å². The van der Waals surface area contributed by atoms with Gasteiger partial charge in [-0.1, -0.05) is 20.3 Å². The number of thiophene rings is 1. The van der Waals surface area contributed by atoms with Gasteiger partial charge in [0.1, 0.15) is 10.6 Å². The molecule has 0 saturated carbocycles. The van der Waals surface area contributed by atoms with Crippen molar-refractivity contribution < 1.29 is 0 Å². The number of fused-ring (bicyclic) bond motifs is 1. The van der Waals surface area contributed by atoms with E-state index in [1.165, 1.54) is 0 Å². The molecule has 4 nitrogen and oxygen atoms in total. The van der Waals surface area contributed by atoms with Crippen LogP contribution >= 0.6 is 11.3 Å². The Morgan fingerprint density at radius 3 is 2.78 bits per heavy atom. The molecule has 18 heavy (non-hydrogen) atoms. The molecule has 2 aromatic heterocycles. The van der Waals surface area contributed by atoms with Gasteiger partial charge in [-0.05, 0) is 24.3 Å². The summed E-state index contributed by atoms with van der Waals surface area (Å²) >= 11 is 1.64. The average Bonchev–Trinajstić information content (AvgIpc) is 2.85. The van der Waals surface area contributed by atoms with E-state index in [9.17, 15) is 0 Å². The quantitative estimate of drug-likeness (QED) is 0.866. The summed E-state index contributed by atoms with van der Waals surface area (Å²) in [7, 11) is 1.84. The van der Waals surface area contributed by atoms with Crippen LogP contribution in [0.2, 0.25) is 0 Å². The summed E-state index contributed by atoms with van der Waals surface area (Å²) in [5.74, 6) is 2.22. The monoisotopic (exact) mass is 264 g/mol. The van der Waals surface area contributed by atoms with Crippen LogP contribution in [0.5, 0.6) is 0 Å². The molecule has 0 aliphatic heterocycles. The van der Waals surface area contributed by atoms with Gasteiger partial charge in [-0.15, -0.1) is 11.3 Å². The predicted molar refractivity (Wildman–Crippen MR) is 79.5 cm³/mol. The van der Waals surface area contributed by atoms with Crippen molar-refractivity contribution in [3.63, 3.8) is 0 Å². The van der Waals surface area contributed by atoms with Gasteiger partial charge in [0.2, 0.25) is 5.95 Å². The third-order valence-electron chi connectivity index (χ3n) is 3.41. The van der Waals surface area contributed by atoms with E-state index in [0.717, 1.165) is 22.5 Å². The molecule has 2 heterocycles. The minimum absolute atomic E-state index is 0.401. The maximum absolute atomic E-state index is 4.52. The maximum Gasteiger partial charge on any atom is 0.225 e. The van der Waals surface area contributed by atoms with E-state index in [-0.39, 0.29) is 0 Å². The van der Waals surface area contributed by atoms with Gasteiger partial charge in [-0.3, -0.25) is 0 Å². The van der Waals surface area contributed by atoms with Crippen molar-refractivity contribution in [3.05, 3.63) is 11.4 Å². The molecule has 0 spiro atoms. The van der Waals surface area contributed by atoms with E-state index in [1.807, 2.05) is 7.05 Å². The molecule has 0 aromatic carbocycles. The van der Waals surface area contributed by atoms with Gasteiger partial charge >= 0.3 is 0 Å². The smallest absolute Gasteiger partial charge is 0.225 e. The SMILES string of the molecule is CCC(C)C(C)Nc1nc(NC)nc2sccc12. The second kappa shape index (κ2) is 5.52. The van der Waals surface area contributed by atoms with Crippen molar-refractivity contribution in [3.8, 4) is 0 Å². The Labute approximate surface area is 112 Å². The summed E-state index contributed by atoms with van der Waals surface area (Å²) in [6.45, 7) is 6.66. The predicted octanol–water partition coefficient (Wildman–Crippen LogP) is 3.58. The first kappa shape index (κ1) is 13.1. The summed E-state index contributed by atoms with van der Waals surface area (Å²) in [5.41, 5.74) is 0. The molecular formula is C13H20N4S. The van der Waals surface area contributed by atoms with Crippen LogP contribution in [0.15, 0.2) is 11.4 Å².